The van der Waals surface area contributed by atoms with Gasteiger partial charge in [-0.05, 0) is 30.3 Å². The number of carbonyl (C=O) groups excluding carboxylic acids is 1. The van der Waals surface area contributed by atoms with Crippen LogP contribution in [0.5, 0.6) is 0 Å². The summed E-state index contributed by atoms with van der Waals surface area (Å²) in [6, 6.07) is 0. The Hall–Kier alpha value is -0.790. The van der Waals surface area contributed by atoms with Gasteiger partial charge in [-0.15, -0.1) is 0 Å². The number of nitrogens with zero attached hydrogens (tertiary/aromatic N) is 1. The van der Waals surface area contributed by atoms with Gasteiger partial charge >= 0.3 is 0 Å². The third kappa shape index (κ3) is 1.70. The Labute approximate surface area is 92.3 Å². The molecule has 1 spiro atoms. The van der Waals surface area contributed by atoms with E-state index in [0.717, 1.165) is 19.0 Å². The van der Waals surface area contributed by atoms with E-state index in [-0.39, 0.29) is 5.91 Å². The number of hydrogen-bond acceptors (Lipinski definition) is 1. The summed E-state index contributed by atoms with van der Waals surface area (Å²) in [5.41, 5.74) is 0.921. The van der Waals surface area contributed by atoms with E-state index in [9.17, 15) is 4.79 Å². The largest absolute Gasteiger partial charge is 0.338 e. The molecule has 0 bridgehead atoms. The van der Waals surface area contributed by atoms with Gasteiger partial charge in [0.1, 0.15) is 0 Å². The average molecular weight is 207 g/mol. The van der Waals surface area contributed by atoms with Gasteiger partial charge in [-0.25, -0.2) is 0 Å². The average Bonchev–Trinajstić information content (AvgIpc) is 1.95. The zero-order valence-electron chi connectivity index (χ0n) is 10.0. The summed E-state index contributed by atoms with van der Waals surface area (Å²) in [5, 5.41) is 0. The first-order chi connectivity index (χ1) is 6.86. The molecule has 0 aromatic rings. The summed E-state index contributed by atoms with van der Waals surface area (Å²) in [7, 11) is 0. The van der Waals surface area contributed by atoms with Crippen LogP contribution in [0.15, 0.2) is 12.7 Å². The first kappa shape index (κ1) is 10.7. The molecule has 1 aliphatic carbocycles. The molecule has 84 valence electrons. The van der Waals surface area contributed by atoms with Crippen LogP contribution in [-0.2, 0) is 4.79 Å². The summed E-state index contributed by atoms with van der Waals surface area (Å²) >= 11 is 0. The van der Waals surface area contributed by atoms with E-state index < -0.39 is 0 Å². The van der Waals surface area contributed by atoms with Crippen LogP contribution in [0.2, 0.25) is 0 Å². The lowest BCUT2D eigenvalue weighted by molar-refractivity contribution is -0.156. The molecule has 2 aliphatic rings. The number of carbonyl (C=O) groups is 1. The molecule has 0 unspecified atom stereocenters. The van der Waals surface area contributed by atoms with Crippen molar-refractivity contribution in [3.63, 3.8) is 0 Å². The fraction of sp³-hybridized carbons (Fsp3) is 0.769. The van der Waals surface area contributed by atoms with Crippen LogP contribution in [0.25, 0.3) is 0 Å². The first-order valence-corrected chi connectivity index (χ1v) is 5.78. The van der Waals surface area contributed by atoms with Gasteiger partial charge < -0.3 is 4.90 Å². The molecule has 0 radical (unpaired) electrons. The lowest BCUT2D eigenvalue weighted by atomic mass is 9.52. The van der Waals surface area contributed by atoms with Crippen LogP contribution >= 0.6 is 0 Å². The highest BCUT2D eigenvalue weighted by molar-refractivity contribution is 5.87. The van der Waals surface area contributed by atoms with E-state index in [1.54, 1.807) is 0 Å². The molecule has 2 fully saturated rings. The normalized spacial score (nSPS) is 24.6. The Balaban J connectivity index is 1.82. The molecule has 0 atom stereocenters. The lowest BCUT2D eigenvalue weighted by Gasteiger charge is -2.61. The predicted octanol–water partition coefficient (Wildman–Crippen LogP) is 2.46. The van der Waals surface area contributed by atoms with Crippen molar-refractivity contribution in [2.45, 2.75) is 33.6 Å². The van der Waals surface area contributed by atoms with Crippen molar-refractivity contribution in [3.05, 3.63) is 12.7 Å². The van der Waals surface area contributed by atoms with Crippen molar-refractivity contribution in [1.29, 1.82) is 0 Å². The van der Waals surface area contributed by atoms with Gasteiger partial charge in [0.05, 0.1) is 0 Å². The molecule has 1 saturated carbocycles. The number of likely N-dealkylation sites (tertiary alicyclic amines) is 1. The minimum absolute atomic E-state index is 0.0971. The SMILES string of the molecule is C=CC(=O)N1CC2(CC(C(C)(C)C)C2)C1. The zero-order chi connectivity index (χ0) is 11.3. The van der Waals surface area contributed by atoms with Crippen LogP contribution in [-0.4, -0.2) is 23.9 Å². The molecular weight excluding hydrogens is 186 g/mol. The zero-order valence-corrected chi connectivity index (χ0v) is 10.0. The molecule has 2 rings (SSSR count). The maximum atomic E-state index is 11.3. The van der Waals surface area contributed by atoms with Crippen LogP contribution in [0.3, 0.4) is 0 Å². The van der Waals surface area contributed by atoms with E-state index in [2.05, 4.69) is 27.4 Å². The minimum Gasteiger partial charge on any atom is -0.338 e. The van der Waals surface area contributed by atoms with Crippen LogP contribution in [0.4, 0.5) is 0 Å². The second kappa shape index (κ2) is 3.10. The summed E-state index contributed by atoms with van der Waals surface area (Å²) < 4.78 is 0. The van der Waals surface area contributed by atoms with E-state index in [0.29, 0.717) is 10.8 Å². The van der Waals surface area contributed by atoms with Crippen LogP contribution in [0, 0.1) is 16.7 Å². The highest BCUT2D eigenvalue weighted by Gasteiger charge is 2.55. The second-order valence-corrected chi connectivity index (χ2v) is 6.37. The fourth-order valence-corrected chi connectivity index (χ4v) is 2.90. The third-order valence-corrected chi connectivity index (χ3v) is 4.12. The Kier molecular flexibility index (Phi) is 2.21. The Morgan fingerprint density at radius 1 is 1.40 bits per heavy atom. The molecule has 1 aliphatic heterocycles. The standard InChI is InChI=1S/C13H21NO/c1-5-11(15)14-8-13(9-14)6-10(7-13)12(2,3)4/h5,10H,1,6-9H2,2-4H3. The second-order valence-electron chi connectivity index (χ2n) is 6.37. The van der Waals surface area contributed by atoms with Gasteiger partial charge in [0.15, 0.2) is 0 Å². The topological polar surface area (TPSA) is 20.3 Å². The summed E-state index contributed by atoms with van der Waals surface area (Å²) in [4.78, 5) is 13.2. The summed E-state index contributed by atoms with van der Waals surface area (Å²) in [5.74, 6) is 0.943. The Bertz CT molecular complexity index is 286. The minimum atomic E-state index is 0.0971. The van der Waals surface area contributed by atoms with Gasteiger partial charge in [0.25, 0.3) is 0 Å². The molecule has 1 saturated heterocycles. The molecule has 0 N–H and O–H groups in total. The van der Waals surface area contributed by atoms with E-state index in [1.165, 1.54) is 18.9 Å². The van der Waals surface area contributed by atoms with Crippen molar-refractivity contribution < 1.29 is 4.79 Å². The van der Waals surface area contributed by atoms with Gasteiger partial charge in [-0.2, -0.15) is 0 Å². The van der Waals surface area contributed by atoms with Crippen LogP contribution < -0.4 is 0 Å². The smallest absolute Gasteiger partial charge is 0.245 e. The molecule has 2 nitrogen and oxygen atoms in total. The van der Waals surface area contributed by atoms with Crippen LogP contribution in [0.1, 0.15) is 33.6 Å². The highest BCUT2D eigenvalue weighted by atomic mass is 16.2. The number of rotatable bonds is 1. The maximum Gasteiger partial charge on any atom is 0.245 e. The Morgan fingerprint density at radius 3 is 2.33 bits per heavy atom. The van der Waals surface area contributed by atoms with Gasteiger partial charge in [0, 0.05) is 18.5 Å². The van der Waals surface area contributed by atoms with E-state index >= 15 is 0 Å². The van der Waals surface area contributed by atoms with Crippen molar-refractivity contribution >= 4 is 5.91 Å². The molecule has 1 heterocycles. The first-order valence-electron chi connectivity index (χ1n) is 5.78. The number of hydrogen-bond donors (Lipinski definition) is 0. The van der Waals surface area contributed by atoms with E-state index in [1.807, 2.05) is 4.90 Å². The van der Waals surface area contributed by atoms with Crippen molar-refractivity contribution in [1.82, 2.24) is 4.90 Å². The number of amides is 1. The quantitative estimate of drug-likeness (QED) is 0.605. The van der Waals surface area contributed by atoms with Gasteiger partial charge in [-0.1, -0.05) is 27.4 Å². The molecule has 15 heavy (non-hydrogen) atoms. The molecule has 0 aromatic heterocycles. The highest BCUT2D eigenvalue weighted by Crippen LogP contribution is 2.57. The van der Waals surface area contributed by atoms with Crippen molar-refractivity contribution in [2.75, 3.05) is 13.1 Å². The Morgan fingerprint density at radius 2 is 1.93 bits per heavy atom. The lowest BCUT2D eigenvalue weighted by Crippen LogP contribution is -2.64. The van der Waals surface area contributed by atoms with E-state index in [4.69, 9.17) is 0 Å². The van der Waals surface area contributed by atoms with Crippen molar-refractivity contribution in [3.8, 4) is 0 Å². The van der Waals surface area contributed by atoms with Gasteiger partial charge in [-0.3, -0.25) is 4.79 Å². The molecule has 2 heteroatoms. The van der Waals surface area contributed by atoms with Gasteiger partial charge in [0.2, 0.25) is 5.91 Å². The summed E-state index contributed by atoms with van der Waals surface area (Å²) in [6.07, 6.45) is 4.03. The molecule has 1 amide bonds. The molecule has 0 aromatic carbocycles. The maximum absolute atomic E-state index is 11.3. The monoisotopic (exact) mass is 207 g/mol. The molecular formula is C13H21NO. The predicted molar refractivity (Wildman–Crippen MR) is 61.4 cm³/mol. The summed E-state index contributed by atoms with van der Waals surface area (Å²) in [6.45, 7) is 12.4. The van der Waals surface area contributed by atoms with Crippen molar-refractivity contribution in [2.24, 2.45) is 16.7 Å². The fourth-order valence-electron chi connectivity index (χ4n) is 2.90. The third-order valence-electron chi connectivity index (χ3n) is 4.12.